The molecule has 1 saturated carbocycles. The molecule has 6 nitrogen and oxygen atoms in total. The topological polar surface area (TPSA) is 52.6 Å². The van der Waals surface area contributed by atoms with Crippen LogP contribution < -0.4 is 4.90 Å². The molecule has 0 aromatic carbocycles. The van der Waals surface area contributed by atoms with Gasteiger partial charge in [-0.15, -0.1) is 0 Å². The summed E-state index contributed by atoms with van der Waals surface area (Å²) in [7, 11) is 0. The highest BCUT2D eigenvalue weighted by atomic mass is 16.1. The lowest BCUT2D eigenvalue weighted by molar-refractivity contribution is -0.130. The van der Waals surface area contributed by atoms with Crippen LogP contribution in [0.5, 0.6) is 0 Å². The number of fused-ring (bicyclic) bond motifs is 2. The predicted molar refractivity (Wildman–Crippen MR) is 128 cm³/mol. The molecule has 1 aliphatic carbocycles. The maximum absolute atomic E-state index is 12.2. The Balaban J connectivity index is 1.13. The second-order valence-electron chi connectivity index (χ2n) is 11.3. The molecule has 1 aromatic heterocycles. The van der Waals surface area contributed by atoms with Crippen LogP contribution in [0.15, 0.2) is 12.4 Å². The van der Waals surface area contributed by atoms with Crippen molar-refractivity contribution in [3.05, 3.63) is 18.0 Å². The van der Waals surface area contributed by atoms with Crippen molar-refractivity contribution >= 4 is 11.7 Å². The summed E-state index contributed by atoms with van der Waals surface area (Å²) >= 11 is 0. The van der Waals surface area contributed by atoms with Crippen molar-refractivity contribution in [2.45, 2.75) is 96.3 Å². The highest BCUT2D eigenvalue weighted by Gasteiger charge is 2.42. The fourth-order valence-corrected chi connectivity index (χ4v) is 6.55. The van der Waals surface area contributed by atoms with E-state index in [4.69, 9.17) is 9.97 Å². The number of likely N-dealkylation sites (tertiary alicyclic amines) is 2. The van der Waals surface area contributed by atoms with Crippen molar-refractivity contribution < 1.29 is 4.79 Å². The van der Waals surface area contributed by atoms with Crippen molar-refractivity contribution in [1.82, 2.24) is 19.8 Å². The van der Waals surface area contributed by atoms with Crippen LogP contribution in [0.4, 0.5) is 5.95 Å². The van der Waals surface area contributed by atoms with E-state index in [0.29, 0.717) is 41.8 Å². The summed E-state index contributed by atoms with van der Waals surface area (Å²) in [6.07, 6.45) is 11.3. The van der Waals surface area contributed by atoms with Gasteiger partial charge >= 0.3 is 0 Å². The standard InChI is InChI=1S/C26H41N5O/c1-17(2)25(32)20-11-24(12-20)29-9-7-19(8-10-29)21-13-27-26(28-14-21)31-22-5-6-23(31)16-30(15-22)18(3)4/h13-14,17-20,22-24H,5-12,15-16H2,1-4H3/t20-,22?,23?,24+. The van der Waals surface area contributed by atoms with Crippen LogP contribution >= 0.6 is 0 Å². The van der Waals surface area contributed by atoms with Gasteiger partial charge in [0.05, 0.1) is 0 Å². The number of nitrogens with zero attached hydrogens (tertiary/aromatic N) is 5. The number of Topliss-reactive ketones (excluding diaryl/α,β-unsaturated/α-hetero) is 1. The summed E-state index contributed by atoms with van der Waals surface area (Å²) in [6, 6.07) is 2.39. The molecule has 1 aromatic rings. The Morgan fingerprint density at radius 1 is 0.906 bits per heavy atom. The van der Waals surface area contributed by atoms with E-state index in [0.717, 1.165) is 45.0 Å². The number of ketones is 1. The minimum atomic E-state index is 0.184. The maximum Gasteiger partial charge on any atom is 0.225 e. The SMILES string of the molecule is CC(C)C(=O)[C@H]1C[C@@H](N2CCC(c3cnc(N4C5CCC4CN(C(C)C)C5)nc3)CC2)C1. The summed E-state index contributed by atoms with van der Waals surface area (Å²) in [5.41, 5.74) is 1.31. The Morgan fingerprint density at radius 3 is 2.03 bits per heavy atom. The summed E-state index contributed by atoms with van der Waals surface area (Å²) < 4.78 is 0. The molecular formula is C26H41N5O. The first-order chi connectivity index (χ1) is 15.4. The van der Waals surface area contributed by atoms with Crippen molar-refractivity contribution in [3.8, 4) is 0 Å². The molecule has 2 atom stereocenters. The van der Waals surface area contributed by atoms with E-state index in [1.54, 1.807) is 0 Å². The Hall–Kier alpha value is -1.53. The van der Waals surface area contributed by atoms with Gasteiger partial charge in [-0.3, -0.25) is 9.69 Å². The van der Waals surface area contributed by atoms with Gasteiger partial charge in [0.25, 0.3) is 0 Å². The Labute approximate surface area is 193 Å². The molecule has 4 aliphatic rings. The number of hydrogen-bond acceptors (Lipinski definition) is 6. The highest BCUT2D eigenvalue weighted by Crippen LogP contribution is 2.38. The van der Waals surface area contributed by atoms with E-state index in [1.165, 1.54) is 31.2 Å². The zero-order valence-corrected chi connectivity index (χ0v) is 20.4. The van der Waals surface area contributed by atoms with Crippen LogP contribution in [0, 0.1) is 11.8 Å². The number of anilines is 1. The van der Waals surface area contributed by atoms with Crippen molar-refractivity contribution in [3.63, 3.8) is 0 Å². The lowest BCUT2D eigenvalue weighted by atomic mass is 9.73. The van der Waals surface area contributed by atoms with Gasteiger partial charge in [0, 0.05) is 61.5 Å². The molecular weight excluding hydrogens is 398 g/mol. The summed E-state index contributed by atoms with van der Waals surface area (Å²) in [6.45, 7) is 13.2. The first-order valence-corrected chi connectivity index (χ1v) is 13.0. The average Bonchev–Trinajstić information content (AvgIpc) is 3.02. The third-order valence-corrected chi connectivity index (χ3v) is 8.73. The Bertz CT molecular complexity index is 781. The second kappa shape index (κ2) is 9.02. The molecule has 2 bridgehead atoms. The van der Waals surface area contributed by atoms with Gasteiger partial charge < -0.3 is 9.80 Å². The van der Waals surface area contributed by atoms with E-state index in [9.17, 15) is 4.79 Å². The van der Waals surface area contributed by atoms with Crippen LogP contribution in [0.2, 0.25) is 0 Å². The van der Waals surface area contributed by atoms with Crippen molar-refractivity contribution in [2.24, 2.45) is 11.8 Å². The quantitative estimate of drug-likeness (QED) is 0.673. The summed E-state index contributed by atoms with van der Waals surface area (Å²) in [5, 5.41) is 0. The number of piperazine rings is 1. The number of piperidine rings is 1. The average molecular weight is 440 g/mol. The van der Waals surface area contributed by atoms with Gasteiger partial charge in [-0.2, -0.15) is 0 Å². The minimum absolute atomic E-state index is 0.184. The molecule has 3 saturated heterocycles. The highest BCUT2D eigenvalue weighted by molar-refractivity contribution is 5.83. The van der Waals surface area contributed by atoms with E-state index in [-0.39, 0.29) is 5.92 Å². The number of carbonyl (C=O) groups excluding carboxylic acids is 1. The fourth-order valence-electron chi connectivity index (χ4n) is 6.55. The fraction of sp³-hybridized carbons (Fsp3) is 0.808. The van der Waals surface area contributed by atoms with Gasteiger partial charge in [-0.25, -0.2) is 9.97 Å². The van der Waals surface area contributed by atoms with Gasteiger partial charge in [0.2, 0.25) is 5.95 Å². The molecule has 5 rings (SSSR count). The molecule has 0 amide bonds. The van der Waals surface area contributed by atoms with E-state index in [1.807, 2.05) is 13.8 Å². The van der Waals surface area contributed by atoms with Crippen LogP contribution in [0.3, 0.4) is 0 Å². The molecule has 0 N–H and O–H groups in total. The molecule has 3 aliphatic heterocycles. The predicted octanol–water partition coefficient (Wildman–Crippen LogP) is 3.72. The first-order valence-electron chi connectivity index (χ1n) is 13.0. The van der Waals surface area contributed by atoms with Gasteiger partial charge in [0.1, 0.15) is 5.78 Å². The first kappa shape index (κ1) is 22.3. The van der Waals surface area contributed by atoms with Gasteiger partial charge in [-0.05, 0) is 76.9 Å². The van der Waals surface area contributed by atoms with Crippen LogP contribution in [-0.4, -0.2) is 75.9 Å². The Morgan fingerprint density at radius 2 is 1.50 bits per heavy atom. The lowest BCUT2D eigenvalue weighted by Crippen LogP contribution is -2.56. The number of aromatic nitrogens is 2. The second-order valence-corrected chi connectivity index (χ2v) is 11.3. The molecule has 2 unspecified atom stereocenters. The molecule has 176 valence electrons. The van der Waals surface area contributed by atoms with Crippen LogP contribution in [0.1, 0.15) is 77.7 Å². The minimum Gasteiger partial charge on any atom is -0.332 e. The Kier molecular flexibility index (Phi) is 6.28. The maximum atomic E-state index is 12.2. The normalized spacial score (nSPS) is 32.0. The molecule has 4 heterocycles. The smallest absolute Gasteiger partial charge is 0.225 e. The zero-order chi connectivity index (χ0) is 22.4. The summed E-state index contributed by atoms with van der Waals surface area (Å²) in [4.78, 5) is 29.7. The third kappa shape index (κ3) is 4.21. The molecule has 0 spiro atoms. The third-order valence-electron chi connectivity index (χ3n) is 8.73. The van der Waals surface area contributed by atoms with E-state index in [2.05, 4.69) is 40.9 Å². The van der Waals surface area contributed by atoms with Gasteiger partial charge in [0.15, 0.2) is 0 Å². The lowest BCUT2D eigenvalue weighted by Gasteiger charge is -2.45. The molecule has 4 fully saturated rings. The van der Waals surface area contributed by atoms with Gasteiger partial charge in [-0.1, -0.05) is 13.8 Å². The zero-order valence-electron chi connectivity index (χ0n) is 20.4. The molecule has 32 heavy (non-hydrogen) atoms. The van der Waals surface area contributed by atoms with E-state index < -0.39 is 0 Å². The molecule has 0 radical (unpaired) electrons. The molecule has 6 heteroatoms. The van der Waals surface area contributed by atoms with Crippen molar-refractivity contribution in [1.29, 1.82) is 0 Å². The van der Waals surface area contributed by atoms with Crippen LogP contribution in [-0.2, 0) is 4.79 Å². The van der Waals surface area contributed by atoms with E-state index >= 15 is 0 Å². The largest absolute Gasteiger partial charge is 0.332 e. The number of rotatable bonds is 6. The van der Waals surface area contributed by atoms with Crippen molar-refractivity contribution in [2.75, 3.05) is 31.1 Å². The number of carbonyl (C=O) groups is 1. The number of hydrogen-bond donors (Lipinski definition) is 0. The monoisotopic (exact) mass is 439 g/mol. The summed E-state index contributed by atoms with van der Waals surface area (Å²) in [5.74, 6) is 2.48. The van der Waals surface area contributed by atoms with Crippen LogP contribution in [0.25, 0.3) is 0 Å².